The predicted octanol–water partition coefficient (Wildman–Crippen LogP) is 5.76. The molecule has 0 aromatic rings. The van der Waals surface area contributed by atoms with Crippen molar-refractivity contribution < 1.29 is 27.5 Å². The zero-order chi connectivity index (χ0) is 19.9. The second-order valence-electron chi connectivity index (χ2n) is 6.58. The maximum absolute atomic E-state index is 12.4. The lowest BCUT2D eigenvalue weighted by molar-refractivity contribution is -0.149. The van der Waals surface area contributed by atoms with Crippen LogP contribution >= 0.6 is 22.6 Å². The van der Waals surface area contributed by atoms with E-state index in [0.29, 0.717) is 22.0 Å². The van der Waals surface area contributed by atoms with Crippen molar-refractivity contribution in [3.63, 3.8) is 0 Å². The van der Waals surface area contributed by atoms with Gasteiger partial charge in [-0.15, -0.1) is 0 Å². The Labute approximate surface area is 170 Å². The van der Waals surface area contributed by atoms with Gasteiger partial charge in [-0.25, -0.2) is 0 Å². The molecule has 0 amide bonds. The van der Waals surface area contributed by atoms with Crippen molar-refractivity contribution >= 4 is 34.3 Å². The third-order valence-electron chi connectivity index (χ3n) is 4.35. The number of ether oxygens (including phenoxy) is 1. The lowest BCUT2D eigenvalue weighted by Gasteiger charge is -2.16. The van der Waals surface area contributed by atoms with Crippen LogP contribution in [-0.4, -0.2) is 24.0 Å². The van der Waals surface area contributed by atoms with Crippen LogP contribution < -0.4 is 0 Å². The van der Waals surface area contributed by atoms with Crippen molar-refractivity contribution in [2.75, 3.05) is 0 Å². The first-order chi connectivity index (χ1) is 12.8. The molecule has 148 valence electrons. The Kier molecular flexibility index (Phi) is 8.31. The van der Waals surface area contributed by atoms with Gasteiger partial charge in [0.05, 0.1) is 10.0 Å². The molecule has 7 heteroatoms. The Bertz CT molecular complexity index is 674. The lowest BCUT2D eigenvalue weighted by Crippen LogP contribution is -2.17. The summed E-state index contributed by atoms with van der Waals surface area (Å²) in [6.45, 7) is 0. The van der Waals surface area contributed by atoms with Gasteiger partial charge in [0.15, 0.2) is 5.78 Å². The Morgan fingerprint density at radius 1 is 1.19 bits per heavy atom. The van der Waals surface area contributed by atoms with Gasteiger partial charge in [-0.2, -0.15) is 13.2 Å². The molecule has 0 aromatic heterocycles. The first kappa shape index (κ1) is 21.9. The molecule has 3 nitrogen and oxygen atoms in total. The Hall–Kier alpha value is -1.38. The molecule has 0 spiro atoms. The highest BCUT2D eigenvalue weighted by Crippen LogP contribution is 2.34. The van der Waals surface area contributed by atoms with Gasteiger partial charge in [0, 0.05) is 30.8 Å². The van der Waals surface area contributed by atoms with E-state index in [-0.39, 0.29) is 30.5 Å². The van der Waals surface area contributed by atoms with Crippen molar-refractivity contribution in [3.05, 3.63) is 45.6 Å². The molecule has 0 radical (unpaired) electrons. The van der Waals surface area contributed by atoms with Crippen LogP contribution in [0.5, 0.6) is 0 Å². The van der Waals surface area contributed by atoms with Gasteiger partial charge in [0.1, 0.15) is 6.10 Å². The Morgan fingerprint density at radius 2 is 1.96 bits per heavy atom. The van der Waals surface area contributed by atoms with Crippen LogP contribution in [0.1, 0.15) is 44.9 Å². The average Bonchev–Trinajstić information content (AvgIpc) is 2.85. The van der Waals surface area contributed by atoms with Crippen molar-refractivity contribution in [1.29, 1.82) is 0 Å². The second-order valence-corrected chi connectivity index (χ2v) is 7.75. The number of ketones is 1. The molecule has 2 aliphatic rings. The minimum Gasteiger partial charge on any atom is -0.462 e. The molecule has 0 saturated carbocycles. The van der Waals surface area contributed by atoms with E-state index in [0.717, 1.165) is 18.9 Å². The van der Waals surface area contributed by atoms with Crippen molar-refractivity contribution in [2.24, 2.45) is 5.92 Å². The molecule has 1 aliphatic heterocycles. The fraction of sp³-hybridized carbons (Fsp3) is 0.500. The number of allylic oxidation sites excluding steroid dienone is 6. The molecule has 0 unspecified atom stereocenters. The molecular weight excluding hydrogens is 472 g/mol. The summed E-state index contributed by atoms with van der Waals surface area (Å²) in [5, 5.41) is 0. The maximum Gasteiger partial charge on any atom is 0.392 e. The lowest BCUT2D eigenvalue weighted by atomic mass is 9.96. The summed E-state index contributed by atoms with van der Waals surface area (Å²) in [7, 11) is 0. The summed E-state index contributed by atoms with van der Waals surface area (Å²) in [5.74, 6) is -0.391. The largest absolute Gasteiger partial charge is 0.462 e. The van der Waals surface area contributed by atoms with E-state index in [1.807, 2.05) is 40.8 Å². The molecule has 2 rings (SSSR count). The minimum absolute atomic E-state index is 0.00136. The zero-order valence-corrected chi connectivity index (χ0v) is 17.0. The second kappa shape index (κ2) is 10.2. The molecule has 0 saturated heterocycles. The Morgan fingerprint density at radius 3 is 2.70 bits per heavy atom. The number of carbonyl (C=O) groups is 2. The number of rotatable bonds is 3. The van der Waals surface area contributed by atoms with Crippen LogP contribution in [0.4, 0.5) is 13.2 Å². The van der Waals surface area contributed by atoms with Gasteiger partial charge in [-0.1, -0.05) is 36.5 Å². The molecule has 0 N–H and O–H groups in total. The molecule has 1 aliphatic carbocycles. The number of halogens is 4. The van der Waals surface area contributed by atoms with E-state index in [9.17, 15) is 22.8 Å². The van der Waals surface area contributed by atoms with E-state index in [1.54, 1.807) is 6.08 Å². The molecule has 0 bridgehead atoms. The van der Waals surface area contributed by atoms with Crippen LogP contribution in [-0.2, 0) is 14.3 Å². The van der Waals surface area contributed by atoms with Gasteiger partial charge in [0.2, 0.25) is 0 Å². The highest BCUT2D eigenvalue weighted by molar-refractivity contribution is 14.1. The van der Waals surface area contributed by atoms with E-state index >= 15 is 0 Å². The van der Waals surface area contributed by atoms with Crippen molar-refractivity contribution in [2.45, 2.75) is 57.2 Å². The molecule has 0 fully saturated rings. The zero-order valence-electron chi connectivity index (χ0n) is 14.8. The number of fused-ring (bicyclic) bond motifs is 1. The van der Waals surface area contributed by atoms with Crippen LogP contribution in [0.2, 0.25) is 0 Å². The van der Waals surface area contributed by atoms with Gasteiger partial charge in [-0.05, 0) is 41.9 Å². The molecule has 0 aromatic carbocycles. The number of hydrogen-bond acceptors (Lipinski definition) is 3. The van der Waals surface area contributed by atoms with Crippen LogP contribution in [0, 0.1) is 5.92 Å². The molecule has 27 heavy (non-hydrogen) atoms. The summed E-state index contributed by atoms with van der Waals surface area (Å²) >= 11 is 2.02. The van der Waals surface area contributed by atoms with Gasteiger partial charge in [0.25, 0.3) is 0 Å². The van der Waals surface area contributed by atoms with Gasteiger partial charge >= 0.3 is 12.1 Å². The van der Waals surface area contributed by atoms with E-state index < -0.39 is 18.7 Å². The first-order valence-electron chi connectivity index (χ1n) is 8.94. The smallest absolute Gasteiger partial charge is 0.392 e. The summed E-state index contributed by atoms with van der Waals surface area (Å²) < 4.78 is 42.9. The number of hydrogen-bond donors (Lipinski definition) is 0. The van der Waals surface area contributed by atoms with Crippen LogP contribution in [0.3, 0.4) is 0 Å². The number of carbonyl (C=O) groups excluding carboxylic acids is 2. The summed E-state index contributed by atoms with van der Waals surface area (Å²) in [5.41, 5.74) is 0.670. The summed E-state index contributed by atoms with van der Waals surface area (Å²) in [4.78, 5) is 24.3. The summed E-state index contributed by atoms with van der Waals surface area (Å²) in [6, 6.07) is 0. The van der Waals surface area contributed by atoms with E-state index in [4.69, 9.17) is 4.74 Å². The van der Waals surface area contributed by atoms with Crippen molar-refractivity contribution in [1.82, 2.24) is 0 Å². The fourth-order valence-electron chi connectivity index (χ4n) is 2.97. The molecular formula is C20H22F3IO3. The van der Waals surface area contributed by atoms with Gasteiger partial charge in [-0.3, -0.25) is 9.59 Å². The highest BCUT2D eigenvalue weighted by Gasteiger charge is 2.28. The van der Waals surface area contributed by atoms with E-state index in [1.165, 1.54) is 6.08 Å². The number of esters is 1. The summed E-state index contributed by atoms with van der Waals surface area (Å²) in [6.07, 6.45) is 7.21. The van der Waals surface area contributed by atoms with Crippen LogP contribution in [0.25, 0.3) is 0 Å². The predicted molar refractivity (Wildman–Crippen MR) is 105 cm³/mol. The minimum atomic E-state index is -4.25. The van der Waals surface area contributed by atoms with Gasteiger partial charge < -0.3 is 4.74 Å². The SMILES string of the molecule is O=C1CCC/C=C\C[C@H]2C=C(I)C(=O)/C2=C/C[C@H](C/C=C\CC(F)(F)F)O1. The monoisotopic (exact) mass is 494 g/mol. The molecule has 2 atom stereocenters. The Balaban J connectivity index is 2.11. The first-order valence-corrected chi connectivity index (χ1v) is 10.0. The van der Waals surface area contributed by atoms with Crippen molar-refractivity contribution in [3.8, 4) is 0 Å². The molecule has 1 heterocycles. The third-order valence-corrected chi connectivity index (χ3v) is 5.20. The fourth-order valence-corrected chi connectivity index (χ4v) is 3.72. The van der Waals surface area contributed by atoms with Crippen LogP contribution in [0.15, 0.2) is 45.6 Å². The number of cyclic esters (lactones) is 1. The third kappa shape index (κ3) is 7.63. The quantitative estimate of drug-likeness (QED) is 0.285. The highest BCUT2D eigenvalue weighted by atomic mass is 127. The standard InChI is InChI=1S/C20H22F3IO3/c21-20(22,23)12-6-5-8-15-10-11-16-14(13-17(24)19(16)26)7-3-1-2-4-9-18(25)27-15/h1,3,5-6,11,13-15H,2,4,7-10,12H2/b3-1-,6-5-,16-11+/t14-,15-/m0/s1. The average molecular weight is 494 g/mol. The maximum atomic E-state index is 12.4. The normalized spacial score (nSPS) is 28.3. The number of Topliss-reactive ketones (excluding diaryl/α,β-unsaturated/α-hetero) is 1. The van der Waals surface area contributed by atoms with E-state index in [2.05, 4.69) is 0 Å². The topological polar surface area (TPSA) is 43.4 Å². The number of alkyl halides is 3.